The van der Waals surface area contributed by atoms with E-state index in [4.69, 9.17) is 0 Å². The lowest BCUT2D eigenvalue weighted by atomic mass is 10.2. The van der Waals surface area contributed by atoms with Gasteiger partial charge in [0, 0.05) is 46.8 Å². The highest BCUT2D eigenvalue weighted by molar-refractivity contribution is 5.93. The van der Waals surface area contributed by atoms with Crippen LogP contribution in [0.15, 0.2) is 61.2 Å². The maximum atomic E-state index is 4.41. The third-order valence-corrected chi connectivity index (χ3v) is 3.38. The van der Waals surface area contributed by atoms with Crippen molar-refractivity contribution in [1.29, 1.82) is 0 Å². The van der Waals surface area contributed by atoms with Crippen molar-refractivity contribution >= 4 is 33.2 Å². The van der Waals surface area contributed by atoms with Crippen LogP contribution in [0, 0.1) is 0 Å². The van der Waals surface area contributed by atoms with Gasteiger partial charge in [-0.2, -0.15) is 0 Å². The van der Waals surface area contributed by atoms with Crippen LogP contribution in [-0.4, -0.2) is 15.0 Å². The summed E-state index contributed by atoms with van der Waals surface area (Å²) in [6, 6.07) is 12.2. The van der Waals surface area contributed by atoms with E-state index in [0.29, 0.717) is 0 Å². The predicted octanol–water partition coefficient (Wildman–Crippen LogP) is 3.85. The average molecular weight is 260 g/mol. The molecular formula is C16H12N4. The Morgan fingerprint density at radius 3 is 2.90 bits per heavy atom. The molecule has 1 aromatic carbocycles. The maximum absolute atomic E-state index is 4.41. The quantitative estimate of drug-likeness (QED) is 0.575. The summed E-state index contributed by atoms with van der Waals surface area (Å²) < 4.78 is 0. The number of anilines is 2. The lowest BCUT2D eigenvalue weighted by molar-refractivity contribution is 1.31. The fraction of sp³-hybridized carbons (Fsp3) is 0. The van der Waals surface area contributed by atoms with Crippen molar-refractivity contribution in [2.75, 3.05) is 5.32 Å². The summed E-state index contributed by atoms with van der Waals surface area (Å²) >= 11 is 0. The zero-order valence-electron chi connectivity index (χ0n) is 10.7. The summed E-state index contributed by atoms with van der Waals surface area (Å²) in [7, 11) is 0. The van der Waals surface area contributed by atoms with Crippen molar-refractivity contribution in [2.24, 2.45) is 0 Å². The van der Waals surface area contributed by atoms with Crippen LogP contribution in [0.3, 0.4) is 0 Å². The van der Waals surface area contributed by atoms with Gasteiger partial charge in [-0.1, -0.05) is 0 Å². The number of nitrogens with zero attached hydrogens (tertiary/aromatic N) is 2. The van der Waals surface area contributed by atoms with E-state index in [1.165, 1.54) is 5.39 Å². The first-order valence-corrected chi connectivity index (χ1v) is 6.43. The van der Waals surface area contributed by atoms with E-state index in [-0.39, 0.29) is 0 Å². The van der Waals surface area contributed by atoms with E-state index in [2.05, 4.69) is 38.5 Å². The SMILES string of the molecule is c1cc2ccnc(Nc3ccc4[nH]ccc4c3)c2cn1. The molecule has 2 N–H and O–H groups in total. The number of pyridine rings is 2. The van der Waals surface area contributed by atoms with Crippen LogP contribution < -0.4 is 5.32 Å². The van der Waals surface area contributed by atoms with Crippen molar-refractivity contribution in [3.05, 3.63) is 61.2 Å². The van der Waals surface area contributed by atoms with Crippen LogP contribution in [0.2, 0.25) is 0 Å². The molecule has 0 amide bonds. The Hall–Kier alpha value is -2.88. The van der Waals surface area contributed by atoms with Gasteiger partial charge in [-0.3, -0.25) is 4.98 Å². The van der Waals surface area contributed by atoms with Crippen molar-refractivity contribution in [3.63, 3.8) is 0 Å². The summed E-state index contributed by atoms with van der Waals surface area (Å²) in [6.07, 6.45) is 7.37. The Bertz CT molecular complexity index is 890. The molecule has 0 aliphatic heterocycles. The van der Waals surface area contributed by atoms with Gasteiger partial charge in [-0.25, -0.2) is 4.98 Å². The monoisotopic (exact) mass is 260 g/mol. The van der Waals surface area contributed by atoms with E-state index < -0.39 is 0 Å². The maximum Gasteiger partial charge on any atom is 0.139 e. The van der Waals surface area contributed by atoms with Crippen LogP contribution in [-0.2, 0) is 0 Å². The number of aromatic amines is 1. The number of H-pyrrole nitrogens is 1. The molecule has 0 unspecified atom stereocenters. The molecule has 0 spiro atoms. The van der Waals surface area contributed by atoms with Crippen LogP contribution >= 0.6 is 0 Å². The van der Waals surface area contributed by atoms with Crippen LogP contribution in [0.4, 0.5) is 11.5 Å². The first-order chi connectivity index (χ1) is 9.90. The van der Waals surface area contributed by atoms with Crippen LogP contribution in [0.5, 0.6) is 0 Å². The molecule has 0 bridgehead atoms. The Kier molecular flexibility index (Phi) is 2.39. The van der Waals surface area contributed by atoms with Gasteiger partial charge >= 0.3 is 0 Å². The number of benzene rings is 1. The van der Waals surface area contributed by atoms with Crippen molar-refractivity contribution in [1.82, 2.24) is 15.0 Å². The highest BCUT2D eigenvalue weighted by Gasteiger charge is 2.03. The highest BCUT2D eigenvalue weighted by atomic mass is 15.0. The smallest absolute Gasteiger partial charge is 0.139 e. The second kappa shape index (κ2) is 4.35. The number of hydrogen-bond acceptors (Lipinski definition) is 3. The zero-order chi connectivity index (χ0) is 13.4. The molecule has 0 radical (unpaired) electrons. The Labute approximate surface area is 115 Å². The van der Waals surface area contributed by atoms with Gasteiger partial charge in [0.05, 0.1) is 0 Å². The molecule has 0 aliphatic carbocycles. The summed E-state index contributed by atoms with van der Waals surface area (Å²) in [6.45, 7) is 0. The van der Waals surface area contributed by atoms with Gasteiger partial charge in [0.2, 0.25) is 0 Å². The molecule has 4 rings (SSSR count). The van der Waals surface area contributed by atoms with E-state index in [0.717, 1.165) is 27.8 Å². The molecule has 0 saturated carbocycles. The van der Waals surface area contributed by atoms with Crippen molar-refractivity contribution < 1.29 is 0 Å². The second-order valence-electron chi connectivity index (χ2n) is 4.66. The molecule has 3 heterocycles. The summed E-state index contributed by atoms with van der Waals surface area (Å²) in [5, 5.41) is 6.68. The molecule has 0 saturated heterocycles. The van der Waals surface area contributed by atoms with E-state index >= 15 is 0 Å². The number of aromatic nitrogens is 3. The Morgan fingerprint density at radius 1 is 0.950 bits per heavy atom. The first-order valence-electron chi connectivity index (χ1n) is 6.43. The van der Waals surface area contributed by atoms with Gasteiger partial charge in [-0.15, -0.1) is 0 Å². The third kappa shape index (κ3) is 1.78. The summed E-state index contributed by atoms with van der Waals surface area (Å²) in [5.74, 6) is 0.825. The number of fused-ring (bicyclic) bond motifs is 2. The van der Waals surface area contributed by atoms with Gasteiger partial charge < -0.3 is 10.3 Å². The second-order valence-corrected chi connectivity index (χ2v) is 4.66. The minimum atomic E-state index is 0.825. The summed E-state index contributed by atoms with van der Waals surface area (Å²) in [5.41, 5.74) is 2.14. The van der Waals surface area contributed by atoms with Crippen molar-refractivity contribution in [2.45, 2.75) is 0 Å². The third-order valence-electron chi connectivity index (χ3n) is 3.38. The fourth-order valence-electron chi connectivity index (χ4n) is 2.38. The van der Waals surface area contributed by atoms with E-state index in [9.17, 15) is 0 Å². The molecule has 3 aromatic heterocycles. The van der Waals surface area contributed by atoms with Crippen molar-refractivity contribution in [3.8, 4) is 0 Å². The highest BCUT2D eigenvalue weighted by Crippen LogP contribution is 2.25. The van der Waals surface area contributed by atoms with Crippen LogP contribution in [0.25, 0.3) is 21.7 Å². The largest absolute Gasteiger partial charge is 0.361 e. The zero-order valence-corrected chi connectivity index (χ0v) is 10.7. The minimum Gasteiger partial charge on any atom is -0.361 e. The number of rotatable bonds is 2. The summed E-state index contributed by atoms with van der Waals surface area (Å²) in [4.78, 5) is 11.8. The standard InChI is InChI=1S/C16H12N4/c1-2-15-12(5-7-18-15)9-13(1)20-16-14-10-17-6-3-11(14)4-8-19-16/h1-10,18H,(H,19,20). The predicted molar refractivity (Wildman–Crippen MR) is 81.1 cm³/mol. The van der Waals surface area contributed by atoms with Gasteiger partial charge in [-0.05, 0) is 41.8 Å². The molecule has 0 fully saturated rings. The molecule has 0 atom stereocenters. The van der Waals surface area contributed by atoms with Crippen LogP contribution in [0.1, 0.15) is 0 Å². The van der Waals surface area contributed by atoms with E-state index in [1.54, 1.807) is 12.4 Å². The van der Waals surface area contributed by atoms with Gasteiger partial charge in [0.25, 0.3) is 0 Å². The molecule has 4 aromatic rings. The first kappa shape index (κ1) is 11.0. The number of hydrogen-bond donors (Lipinski definition) is 2. The van der Waals surface area contributed by atoms with Gasteiger partial charge in [0.15, 0.2) is 0 Å². The Balaban J connectivity index is 1.80. The molecule has 4 heteroatoms. The Morgan fingerprint density at radius 2 is 1.90 bits per heavy atom. The molecule has 4 nitrogen and oxygen atoms in total. The fourth-order valence-corrected chi connectivity index (χ4v) is 2.38. The topological polar surface area (TPSA) is 53.6 Å². The van der Waals surface area contributed by atoms with Gasteiger partial charge in [0.1, 0.15) is 5.82 Å². The molecule has 96 valence electrons. The lowest BCUT2D eigenvalue weighted by Gasteiger charge is -2.08. The lowest BCUT2D eigenvalue weighted by Crippen LogP contribution is -1.94. The molecule has 0 aliphatic rings. The van der Waals surface area contributed by atoms with E-state index in [1.807, 2.05) is 30.6 Å². The average Bonchev–Trinajstić information content (AvgIpc) is 2.95. The normalized spacial score (nSPS) is 11.0. The molecular weight excluding hydrogens is 248 g/mol. The number of nitrogens with one attached hydrogen (secondary N) is 2. The molecule has 20 heavy (non-hydrogen) atoms. The minimum absolute atomic E-state index is 0.825.